The van der Waals surface area contributed by atoms with Crippen LogP contribution in [-0.2, 0) is 16.8 Å². The van der Waals surface area contributed by atoms with E-state index < -0.39 is 11.5 Å². The van der Waals surface area contributed by atoms with E-state index in [0.717, 1.165) is 22.5 Å². The van der Waals surface area contributed by atoms with Crippen LogP contribution >= 0.6 is 0 Å². The molecule has 0 bridgehead atoms. The molecule has 1 N–H and O–H groups in total. The molecule has 0 aliphatic rings. The molecule has 1 aromatic carbocycles. The third-order valence-corrected chi connectivity index (χ3v) is 3.57. The van der Waals surface area contributed by atoms with Crippen molar-refractivity contribution in [2.24, 2.45) is 0 Å². The first-order chi connectivity index (χ1) is 9.33. The fourth-order valence-corrected chi connectivity index (χ4v) is 2.59. The molecule has 1 aromatic heterocycles. The van der Waals surface area contributed by atoms with Crippen molar-refractivity contribution in [3.8, 4) is 0 Å². The van der Waals surface area contributed by atoms with Gasteiger partial charge >= 0.3 is 5.97 Å². The minimum atomic E-state index is -1.08. The van der Waals surface area contributed by atoms with Gasteiger partial charge in [0.2, 0.25) is 0 Å². The van der Waals surface area contributed by atoms with Gasteiger partial charge in [0.25, 0.3) is 0 Å². The van der Waals surface area contributed by atoms with Gasteiger partial charge in [-0.05, 0) is 39.3 Å². The Morgan fingerprint density at radius 2 is 2.00 bits per heavy atom. The van der Waals surface area contributed by atoms with Crippen molar-refractivity contribution in [3.63, 3.8) is 0 Å². The van der Waals surface area contributed by atoms with E-state index in [1.54, 1.807) is 11.6 Å². The van der Waals surface area contributed by atoms with Crippen molar-refractivity contribution in [1.29, 1.82) is 0 Å². The Morgan fingerprint density at radius 3 is 2.50 bits per heavy atom. The Bertz CT molecular complexity index is 646. The lowest BCUT2D eigenvalue weighted by atomic mass is 9.92. The predicted octanol–water partition coefficient (Wildman–Crippen LogP) is 2.85. The molecule has 0 amide bonds. The maximum absolute atomic E-state index is 11.8. The first-order valence-corrected chi connectivity index (χ1v) is 6.65. The smallest absolute Gasteiger partial charge is 0.331 e. The van der Waals surface area contributed by atoms with Crippen molar-refractivity contribution in [3.05, 3.63) is 52.8 Å². The summed E-state index contributed by atoms with van der Waals surface area (Å²) in [7, 11) is 0. The summed E-state index contributed by atoms with van der Waals surface area (Å²) in [5, 5.41) is 14.0. The van der Waals surface area contributed by atoms with E-state index in [-0.39, 0.29) is 0 Å². The number of nitrogens with zero attached hydrogens (tertiary/aromatic N) is 2. The van der Waals surface area contributed by atoms with E-state index >= 15 is 0 Å². The lowest BCUT2D eigenvalue weighted by Gasteiger charge is -2.27. The number of rotatable bonds is 4. The number of hydrogen-bond acceptors (Lipinski definition) is 2. The topological polar surface area (TPSA) is 55.1 Å². The fourth-order valence-electron chi connectivity index (χ4n) is 2.59. The maximum Gasteiger partial charge on any atom is 0.331 e. The predicted molar refractivity (Wildman–Crippen MR) is 77.9 cm³/mol. The molecule has 106 valence electrons. The molecule has 2 rings (SSSR count). The number of aromatic nitrogens is 2. The average Bonchev–Trinajstić information content (AvgIpc) is 2.68. The number of hydrogen-bond donors (Lipinski definition) is 1. The van der Waals surface area contributed by atoms with Crippen LogP contribution in [0.4, 0.5) is 0 Å². The molecule has 1 heterocycles. The summed E-state index contributed by atoms with van der Waals surface area (Å²) in [6.45, 7) is 7.48. The van der Waals surface area contributed by atoms with Crippen LogP contribution in [0.5, 0.6) is 0 Å². The van der Waals surface area contributed by atoms with Crippen molar-refractivity contribution in [2.45, 2.75) is 39.7 Å². The summed E-state index contributed by atoms with van der Waals surface area (Å²) in [4.78, 5) is 11.8. The van der Waals surface area contributed by atoms with Crippen LogP contribution in [0.2, 0.25) is 0 Å². The Labute approximate surface area is 119 Å². The highest BCUT2D eigenvalue weighted by Crippen LogP contribution is 2.24. The maximum atomic E-state index is 11.8. The van der Waals surface area contributed by atoms with Crippen LogP contribution < -0.4 is 0 Å². The second-order valence-electron chi connectivity index (χ2n) is 5.58. The molecule has 0 aliphatic heterocycles. The standard InChI is InChI=1S/C16H20N2O2/c1-11-6-5-7-14(8-11)10-16(4,15(19)20)18-13(3)9-12(2)17-18/h5-9H,10H2,1-4H3,(H,19,20). The summed E-state index contributed by atoms with van der Waals surface area (Å²) in [5.41, 5.74) is 2.75. The van der Waals surface area contributed by atoms with Crippen molar-refractivity contribution in [1.82, 2.24) is 9.78 Å². The molecule has 2 aromatic rings. The van der Waals surface area contributed by atoms with Crippen LogP contribution in [0.15, 0.2) is 30.3 Å². The molecule has 0 saturated heterocycles. The van der Waals surface area contributed by atoms with E-state index in [9.17, 15) is 9.90 Å². The van der Waals surface area contributed by atoms with Gasteiger partial charge in [0.05, 0.1) is 5.69 Å². The first kappa shape index (κ1) is 14.3. The van der Waals surface area contributed by atoms with Gasteiger partial charge in [-0.3, -0.25) is 4.68 Å². The zero-order valence-corrected chi connectivity index (χ0v) is 12.3. The molecule has 4 nitrogen and oxygen atoms in total. The monoisotopic (exact) mass is 272 g/mol. The van der Waals surface area contributed by atoms with Gasteiger partial charge in [-0.25, -0.2) is 4.79 Å². The largest absolute Gasteiger partial charge is 0.479 e. The van der Waals surface area contributed by atoms with Crippen LogP contribution in [0.3, 0.4) is 0 Å². The van der Waals surface area contributed by atoms with E-state index in [2.05, 4.69) is 5.10 Å². The molecular weight excluding hydrogens is 252 g/mol. The molecular formula is C16H20N2O2. The second-order valence-corrected chi connectivity index (χ2v) is 5.58. The molecule has 4 heteroatoms. The van der Waals surface area contributed by atoms with E-state index in [1.807, 2.05) is 51.1 Å². The molecule has 0 aliphatic carbocycles. The molecule has 1 atom stereocenters. The van der Waals surface area contributed by atoms with Crippen LogP contribution in [0.1, 0.15) is 29.4 Å². The summed E-state index contributed by atoms with van der Waals surface area (Å²) < 4.78 is 1.62. The number of carboxylic acids is 1. The summed E-state index contributed by atoms with van der Waals surface area (Å²) in [6, 6.07) is 9.84. The molecule has 0 spiro atoms. The number of benzene rings is 1. The second kappa shape index (κ2) is 5.12. The number of aliphatic carboxylic acids is 1. The van der Waals surface area contributed by atoms with E-state index in [4.69, 9.17) is 0 Å². The van der Waals surface area contributed by atoms with Crippen LogP contribution in [0.25, 0.3) is 0 Å². The third-order valence-electron chi connectivity index (χ3n) is 3.57. The van der Waals surface area contributed by atoms with Gasteiger partial charge in [0, 0.05) is 12.1 Å². The highest BCUT2D eigenvalue weighted by atomic mass is 16.4. The van der Waals surface area contributed by atoms with E-state index in [1.165, 1.54) is 0 Å². The highest BCUT2D eigenvalue weighted by Gasteiger charge is 2.37. The summed E-state index contributed by atoms with van der Waals surface area (Å²) in [6.07, 6.45) is 0.409. The Hall–Kier alpha value is -2.10. The summed E-state index contributed by atoms with van der Waals surface area (Å²) in [5.74, 6) is -0.870. The first-order valence-electron chi connectivity index (χ1n) is 6.65. The Morgan fingerprint density at radius 1 is 1.30 bits per heavy atom. The fraction of sp³-hybridized carbons (Fsp3) is 0.375. The lowest BCUT2D eigenvalue weighted by molar-refractivity contribution is -0.147. The van der Waals surface area contributed by atoms with Crippen LogP contribution in [-0.4, -0.2) is 20.9 Å². The van der Waals surface area contributed by atoms with Crippen molar-refractivity contribution >= 4 is 5.97 Å². The van der Waals surface area contributed by atoms with Gasteiger partial charge in [0.15, 0.2) is 5.54 Å². The van der Waals surface area contributed by atoms with Gasteiger partial charge < -0.3 is 5.11 Å². The zero-order chi connectivity index (χ0) is 14.9. The number of carbonyl (C=O) groups is 1. The van der Waals surface area contributed by atoms with Crippen LogP contribution in [0, 0.1) is 20.8 Å². The van der Waals surface area contributed by atoms with Crippen molar-refractivity contribution < 1.29 is 9.90 Å². The van der Waals surface area contributed by atoms with Gasteiger partial charge in [-0.2, -0.15) is 5.10 Å². The molecule has 0 radical (unpaired) electrons. The third kappa shape index (κ3) is 2.59. The van der Waals surface area contributed by atoms with Crippen molar-refractivity contribution in [2.75, 3.05) is 0 Å². The number of carboxylic acid groups (broad SMARTS) is 1. The Balaban J connectivity index is 2.45. The zero-order valence-electron chi connectivity index (χ0n) is 12.3. The van der Waals surface area contributed by atoms with Gasteiger partial charge in [0.1, 0.15) is 0 Å². The molecule has 0 saturated carbocycles. The molecule has 0 fully saturated rings. The SMILES string of the molecule is Cc1cccc(CC(C)(C(=O)O)n2nc(C)cc2C)c1. The van der Waals surface area contributed by atoms with Gasteiger partial charge in [-0.15, -0.1) is 0 Å². The summed E-state index contributed by atoms with van der Waals surface area (Å²) >= 11 is 0. The highest BCUT2D eigenvalue weighted by molar-refractivity contribution is 5.76. The average molecular weight is 272 g/mol. The number of aryl methyl sites for hydroxylation is 3. The Kier molecular flexibility index (Phi) is 3.66. The van der Waals surface area contributed by atoms with E-state index in [0.29, 0.717) is 6.42 Å². The minimum absolute atomic E-state index is 0.409. The van der Waals surface area contributed by atoms with Gasteiger partial charge in [-0.1, -0.05) is 29.8 Å². The molecule has 20 heavy (non-hydrogen) atoms. The quantitative estimate of drug-likeness (QED) is 0.931. The minimum Gasteiger partial charge on any atom is -0.479 e. The molecule has 1 unspecified atom stereocenters. The normalized spacial score (nSPS) is 14.0. The lowest BCUT2D eigenvalue weighted by Crippen LogP contribution is -2.42.